The fourth-order valence-electron chi connectivity index (χ4n) is 1.74. The van der Waals surface area contributed by atoms with Gasteiger partial charge in [-0.1, -0.05) is 30.3 Å². The predicted molar refractivity (Wildman–Crippen MR) is 70.0 cm³/mol. The molecule has 88 valence electrons. The lowest BCUT2D eigenvalue weighted by molar-refractivity contribution is 0.103. The Kier molecular flexibility index (Phi) is 3.40. The molecule has 0 saturated heterocycles. The van der Waals surface area contributed by atoms with Crippen molar-refractivity contribution < 1.29 is 4.79 Å². The Morgan fingerprint density at radius 1 is 1.11 bits per heavy atom. The van der Waals surface area contributed by atoms with E-state index in [2.05, 4.69) is 0 Å². The summed E-state index contributed by atoms with van der Waals surface area (Å²) in [5, 5.41) is 8.70. The van der Waals surface area contributed by atoms with Crippen LogP contribution in [0.2, 0.25) is 0 Å². The van der Waals surface area contributed by atoms with E-state index in [1.54, 1.807) is 30.3 Å². The minimum Gasteiger partial charge on any atom is -0.398 e. The third kappa shape index (κ3) is 2.38. The molecule has 2 aromatic carbocycles. The first-order chi connectivity index (χ1) is 8.72. The van der Waals surface area contributed by atoms with Gasteiger partial charge in [0.25, 0.3) is 0 Å². The van der Waals surface area contributed by atoms with Crippen molar-refractivity contribution in [3.05, 3.63) is 65.2 Å². The zero-order chi connectivity index (χ0) is 13.0. The van der Waals surface area contributed by atoms with Gasteiger partial charge in [-0.3, -0.25) is 4.79 Å². The van der Waals surface area contributed by atoms with Gasteiger partial charge in [0.05, 0.1) is 12.5 Å². The van der Waals surface area contributed by atoms with Gasteiger partial charge in [-0.25, -0.2) is 0 Å². The fourth-order valence-corrected chi connectivity index (χ4v) is 1.74. The van der Waals surface area contributed by atoms with Crippen LogP contribution >= 0.6 is 0 Å². The summed E-state index contributed by atoms with van der Waals surface area (Å²) in [5.74, 6) is -0.0604. The van der Waals surface area contributed by atoms with Crippen LogP contribution in [0.15, 0.2) is 48.5 Å². The Hall–Kier alpha value is -2.60. The lowest BCUT2D eigenvalue weighted by Gasteiger charge is -2.05. The van der Waals surface area contributed by atoms with E-state index in [0.29, 0.717) is 22.4 Å². The second-order valence-electron chi connectivity index (χ2n) is 3.94. The Bertz CT molecular complexity index is 612. The van der Waals surface area contributed by atoms with Gasteiger partial charge in [-0.15, -0.1) is 0 Å². The third-order valence-electron chi connectivity index (χ3n) is 2.71. The number of hydrogen-bond acceptors (Lipinski definition) is 3. The summed E-state index contributed by atoms with van der Waals surface area (Å²) >= 11 is 0. The lowest BCUT2D eigenvalue weighted by Crippen LogP contribution is -2.03. The molecule has 18 heavy (non-hydrogen) atoms. The predicted octanol–water partition coefficient (Wildman–Crippen LogP) is 2.57. The first kappa shape index (κ1) is 11.9. The summed E-state index contributed by atoms with van der Waals surface area (Å²) in [5.41, 5.74) is 8.17. The third-order valence-corrected chi connectivity index (χ3v) is 2.71. The standard InChI is InChI=1S/C15H12N2O/c16-9-8-12-10-13(6-7-14(12)17)15(18)11-4-2-1-3-5-11/h1-7,10H,8,17H2. The summed E-state index contributed by atoms with van der Waals surface area (Å²) in [4.78, 5) is 12.2. The fraction of sp³-hybridized carbons (Fsp3) is 0.0667. The van der Waals surface area contributed by atoms with Gasteiger partial charge in [-0.05, 0) is 23.8 Å². The van der Waals surface area contributed by atoms with Gasteiger partial charge in [0.15, 0.2) is 5.78 Å². The van der Waals surface area contributed by atoms with Crippen LogP contribution in [0.25, 0.3) is 0 Å². The van der Waals surface area contributed by atoms with Crippen molar-refractivity contribution in [2.45, 2.75) is 6.42 Å². The molecule has 2 N–H and O–H groups in total. The highest BCUT2D eigenvalue weighted by atomic mass is 16.1. The molecular weight excluding hydrogens is 224 g/mol. The molecule has 0 aliphatic rings. The van der Waals surface area contributed by atoms with Crippen LogP contribution in [-0.4, -0.2) is 5.78 Å². The Morgan fingerprint density at radius 2 is 1.83 bits per heavy atom. The number of nitrogen functional groups attached to an aromatic ring is 1. The number of carbonyl (C=O) groups is 1. The van der Waals surface area contributed by atoms with E-state index in [1.165, 1.54) is 0 Å². The molecule has 0 aliphatic heterocycles. The Labute approximate surface area is 105 Å². The van der Waals surface area contributed by atoms with Gasteiger partial charge in [-0.2, -0.15) is 5.26 Å². The first-order valence-corrected chi connectivity index (χ1v) is 5.57. The second-order valence-corrected chi connectivity index (χ2v) is 3.94. The number of benzene rings is 2. The number of carbonyl (C=O) groups excluding carboxylic acids is 1. The Morgan fingerprint density at radius 3 is 2.50 bits per heavy atom. The van der Waals surface area contributed by atoms with Crippen LogP contribution in [0.3, 0.4) is 0 Å². The summed E-state index contributed by atoms with van der Waals surface area (Å²) in [7, 11) is 0. The largest absolute Gasteiger partial charge is 0.398 e. The van der Waals surface area contributed by atoms with E-state index >= 15 is 0 Å². The summed E-state index contributed by atoms with van der Waals surface area (Å²) in [6.07, 6.45) is 0.210. The van der Waals surface area contributed by atoms with E-state index < -0.39 is 0 Å². The smallest absolute Gasteiger partial charge is 0.193 e. The molecule has 2 rings (SSSR count). The number of rotatable bonds is 3. The second kappa shape index (κ2) is 5.15. The van der Waals surface area contributed by atoms with E-state index in [-0.39, 0.29) is 12.2 Å². The highest BCUT2D eigenvalue weighted by Crippen LogP contribution is 2.17. The zero-order valence-corrected chi connectivity index (χ0v) is 9.76. The van der Waals surface area contributed by atoms with E-state index in [1.807, 2.05) is 24.3 Å². The van der Waals surface area contributed by atoms with E-state index in [0.717, 1.165) is 0 Å². The molecule has 0 atom stereocenters. The number of nitrogens with zero attached hydrogens (tertiary/aromatic N) is 1. The minimum absolute atomic E-state index is 0.0604. The van der Waals surface area contributed by atoms with Gasteiger partial charge < -0.3 is 5.73 Å². The maximum atomic E-state index is 12.2. The molecule has 3 heteroatoms. The quantitative estimate of drug-likeness (QED) is 0.657. The van der Waals surface area contributed by atoms with Crippen molar-refractivity contribution in [3.63, 3.8) is 0 Å². The van der Waals surface area contributed by atoms with Gasteiger partial charge in [0.1, 0.15) is 0 Å². The summed E-state index contributed by atoms with van der Waals surface area (Å²) in [6.45, 7) is 0. The summed E-state index contributed by atoms with van der Waals surface area (Å²) < 4.78 is 0. The molecule has 3 nitrogen and oxygen atoms in total. The SMILES string of the molecule is N#CCc1cc(C(=O)c2ccccc2)ccc1N. The van der Waals surface area contributed by atoms with Crippen molar-refractivity contribution in [1.82, 2.24) is 0 Å². The van der Waals surface area contributed by atoms with Crippen LogP contribution in [0, 0.1) is 11.3 Å². The molecule has 0 bridgehead atoms. The maximum Gasteiger partial charge on any atom is 0.193 e. The number of hydrogen-bond donors (Lipinski definition) is 1. The van der Waals surface area contributed by atoms with Crippen LogP contribution in [0.5, 0.6) is 0 Å². The van der Waals surface area contributed by atoms with E-state index in [4.69, 9.17) is 11.0 Å². The molecule has 0 aliphatic carbocycles. The van der Waals surface area contributed by atoms with Crippen LogP contribution in [0.1, 0.15) is 21.5 Å². The van der Waals surface area contributed by atoms with E-state index in [9.17, 15) is 4.79 Å². The molecule has 0 heterocycles. The molecule has 0 unspecified atom stereocenters. The topological polar surface area (TPSA) is 66.9 Å². The highest BCUT2D eigenvalue weighted by molar-refractivity contribution is 6.09. The number of anilines is 1. The number of nitrogens with two attached hydrogens (primary N) is 1. The van der Waals surface area contributed by atoms with Crippen molar-refractivity contribution >= 4 is 11.5 Å². The number of ketones is 1. The molecule has 2 aromatic rings. The lowest BCUT2D eigenvalue weighted by atomic mass is 9.99. The molecule has 0 spiro atoms. The molecule has 0 fully saturated rings. The van der Waals surface area contributed by atoms with Gasteiger partial charge in [0.2, 0.25) is 0 Å². The average molecular weight is 236 g/mol. The number of nitriles is 1. The normalized spacial score (nSPS) is 9.72. The molecule has 0 aromatic heterocycles. The summed E-state index contributed by atoms with van der Waals surface area (Å²) in [6, 6.07) is 16.1. The van der Waals surface area contributed by atoms with Crippen molar-refractivity contribution in [1.29, 1.82) is 5.26 Å². The first-order valence-electron chi connectivity index (χ1n) is 5.57. The van der Waals surface area contributed by atoms with Crippen LogP contribution in [0.4, 0.5) is 5.69 Å². The minimum atomic E-state index is -0.0604. The average Bonchev–Trinajstić information content (AvgIpc) is 2.42. The zero-order valence-electron chi connectivity index (χ0n) is 9.76. The monoisotopic (exact) mass is 236 g/mol. The van der Waals surface area contributed by atoms with Crippen molar-refractivity contribution in [3.8, 4) is 6.07 Å². The van der Waals surface area contributed by atoms with Crippen LogP contribution in [-0.2, 0) is 6.42 Å². The molecular formula is C15H12N2O. The molecule has 0 amide bonds. The molecule has 0 saturated carbocycles. The Balaban J connectivity index is 2.38. The van der Waals surface area contributed by atoms with Crippen molar-refractivity contribution in [2.24, 2.45) is 0 Å². The van der Waals surface area contributed by atoms with Gasteiger partial charge in [0, 0.05) is 16.8 Å². The van der Waals surface area contributed by atoms with Crippen molar-refractivity contribution in [2.75, 3.05) is 5.73 Å². The maximum absolute atomic E-state index is 12.2. The van der Waals surface area contributed by atoms with Crippen LogP contribution < -0.4 is 5.73 Å². The highest BCUT2D eigenvalue weighted by Gasteiger charge is 2.10. The van der Waals surface area contributed by atoms with Gasteiger partial charge >= 0.3 is 0 Å². The molecule has 0 radical (unpaired) electrons.